The first-order valence-corrected chi connectivity index (χ1v) is 10.7. The van der Waals surface area contributed by atoms with Crippen LogP contribution in [0.4, 0.5) is 27.5 Å². The van der Waals surface area contributed by atoms with E-state index in [0.717, 1.165) is 0 Å². The minimum absolute atomic E-state index is 0.0703. The molecular weight excluding hydrogens is 434 g/mol. The fraction of sp³-hybridized carbons (Fsp3) is 0.120. The molecule has 0 aliphatic carbocycles. The molecule has 0 unspecified atom stereocenters. The molecule has 0 saturated heterocycles. The minimum Gasteiger partial charge on any atom is -0.337 e. The average molecular weight is 457 g/mol. The molecule has 0 bridgehead atoms. The first-order valence-electron chi connectivity index (χ1n) is 10.7. The minimum atomic E-state index is -0.394. The molecule has 5 amide bonds. The Balaban J connectivity index is 1.28. The van der Waals surface area contributed by atoms with Crippen LogP contribution in [0.5, 0.6) is 0 Å². The van der Waals surface area contributed by atoms with Gasteiger partial charge in [0.2, 0.25) is 11.8 Å². The maximum absolute atomic E-state index is 13.0. The number of nitrogens with one attached hydrogen (secondary N) is 4. The van der Waals surface area contributed by atoms with E-state index in [2.05, 4.69) is 21.3 Å². The molecule has 0 aromatic heterocycles. The van der Waals surface area contributed by atoms with E-state index in [4.69, 9.17) is 0 Å². The maximum Gasteiger partial charge on any atom is 0.319 e. The fourth-order valence-corrected chi connectivity index (χ4v) is 3.48. The zero-order chi connectivity index (χ0) is 23.9. The smallest absolute Gasteiger partial charge is 0.319 e. The van der Waals surface area contributed by atoms with E-state index in [1.807, 2.05) is 18.2 Å². The second kappa shape index (κ2) is 10.3. The normalized spacial score (nSPS) is 12.2. The van der Waals surface area contributed by atoms with Gasteiger partial charge in [-0.2, -0.15) is 0 Å². The summed E-state index contributed by atoms with van der Waals surface area (Å²) < 4.78 is 0. The summed E-state index contributed by atoms with van der Waals surface area (Å²) in [6.45, 7) is 0.0939. The average Bonchev–Trinajstić information content (AvgIpc) is 2.84. The largest absolute Gasteiger partial charge is 0.337 e. The van der Waals surface area contributed by atoms with Gasteiger partial charge in [0.25, 0.3) is 5.91 Å². The van der Waals surface area contributed by atoms with Crippen molar-refractivity contribution in [3.8, 4) is 0 Å². The lowest BCUT2D eigenvalue weighted by atomic mass is 10.1. The highest BCUT2D eigenvalue weighted by Gasteiger charge is 2.27. The SMILES string of the molecule is O=C(CCNC(=O)Nc1ccccc1)Nc1ccc(C(=O)N2CC(=O)Nc3ccccc32)cc1. The molecule has 34 heavy (non-hydrogen) atoms. The lowest BCUT2D eigenvalue weighted by Crippen LogP contribution is -2.42. The molecule has 3 aromatic carbocycles. The number of hydrogen-bond acceptors (Lipinski definition) is 4. The van der Waals surface area contributed by atoms with Gasteiger partial charge in [0.1, 0.15) is 6.54 Å². The van der Waals surface area contributed by atoms with Crippen molar-refractivity contribution in [2.45, 2.75) is 6.42 Å². The standard InChI is InChI=1S/C25H23N5O4/c31-22(14-15-26-25(34)28-18-6-2-1-3-7-18)27-19-12-10-17(11-13-19)24(33)30-16-23(32)29-20-8-4-5-9-21(20)30/h1-13H,14-16H2,(H,27,31)(H,29,32)(H2,26,28,34). The number of fused-ring (bicyclic) bond motifs is 1. The summed E-state index contributed by atoms with van der Waals surface area (Å²) in [5.74, 6) is -0.850. The van der Waals surface area contributed by atoms with Crippen LogP contribution in [0.15, 0.2) is 78.9 Å². The van der Waals surface area contributed by atoms with Crippen LogP contribution in [-0.4, -0.2) is 36.8 Å². The van der Waals surface area contributed by atoms with E-state index < -0.39 is 6.03 Å². The van der Waals surface area contributed by atoms with Gasteiger partial charge in [-0.25, -0.2) is 4.79 Å². The van der Waals surface area contributed by atoms with Gasteiger partial charge in [-0.1, -0.05) is 30.3 Å². The molecular formula is C25H23N5O4. The zero-order valence-corrected chi connectivity index (χ0v) is 18.2. The van der Waals surface area contributed by atoms with E-state index in [9.17, 15) is 19.2 Å². The summed E-state index contributed by atoms with van der Waals surface area (Å²) in [4.78, 5) is 50.5. The number of carbonyl (C=O) groups excluding carboxylic acids is 4. The number of nitrogens with zero attached hydrogens (tertiary/aromatic N) is 1. The quantitative estimate of drug-likeness (QED) is 0.453. The Kier molecular flexibility index (Phi) is 6.83. The van der Waals surface area contributed by atoms with Crippen LogP contribution in [0.3, 0.4) is 0 Å². The lowest BCUT2D eigenvalue weighted by Gasteiger charge is -2.29. The van der Waals surface area contributed by atoms with Gasteiger partial charge in [-0.15, -0.1) is 0 Å². The number of urea groups is 1. The van der Waals surface area contributed by atoms with Gasteiger partial charge in [0, 0.05) is 29.9 Å². The first kappa shape index (κ1) is 22.5. The molecule has 3 aromatic rings. The number of anilines is 4. The van der Waals surface area contributed by atoms with Crippen molar-refractivity contribution in [2.75, 3.05) is 33.9 Å². The van der Waals surface area contributed by atoms with Crippen molar-refractivity contribution in [2.24, 2.45) is 0 Å². The summed E-state index contributed by atoms with van der Waals surface area (Å²) in [5.41, 5.74) is 2.79. The summed E-state index contributed by atoms with van der Waals surface area (Å²) >= 11 is 0. The highest BCUT2D eigenvalue weighted by Crippen LogP contribution is 2.30. The lowest BCUT2D eigenvalue weighted by molar-refractivity contribution is -0.116. The molecule has 0 fully saturated rings. The number of hydrogen-bond donors (Lipinski definition) is 4. The predicted molar refractivity (Wildman–Crippen MR) is 130 cm³/mol. The Morgan fingerprint density at radius 3 is 2.26 bits per heavy atom. The number of rotatable bonds is 6. The molecule has 1 aliphatic rings. The third-order valence-electron chi connectivity index (χ3n) is 5.10. The fourth-order valence-electron chi connectivity index (χ4n) is 3.48. The molecule has 4 rings (SSSR count). The number of carbonyl (C=O) groups is 4. The Morgan fingerprint density at radius 1 is 0.824 bits per heavy atom. The van der Waals surface area contributed by atoms with Gasteiger partial charge in [-0.05, 0) is 48.5 Å². The molecule has 9 nitrogen and oxygen atoms in total. The Labute approximate surface area is 196 Å². The molecule has 1 aliphatic heterocycles. The van der Waals surface area contributed by atoms with Crippen molar-refractivity contribution < 1.29 is 19.2 Å². The van der Waals surface area contributed by atoms with Crippen LogP contribution < -0.4 is 26.2 Å². The summed E-state index contributed by atoms with van der Waals surface area (Å²) in [6, 6.07) is 22.1. The van der Waals surface area contributed by atoms with Crippen LogP contribution >= 0.6 is 0 Å². The van der Waals surface area contributed by atoms with E-state index in [1.54, 1.807) is 60.7 Å². The molecule has 4 N–H and O–H groups in total. The highest BCUT2D eigenvalue weighted by molar-refractivity contribution is 6.15. The monoisotopic (exact) mass is 457 g/mol. The van der Waals surface area contributed by atoms with E-state index in [0.29, 0.717) is 28.3 Å². The molecule has 0 atom stereocenters. The Bertz CT molecular complexity index is 1210. The maximum atomic E-state index is 13.0. The van der Waals surface area contributed by atoms with Crippen molar-refractivity contribution in [1.29, 1.82) is 0 Å². The highest BCUT2D eigenvalue weighted by atomic mass is 16.2. The van der Waals surface area contributed by atoms with Crippen LogP contribution in [0, 0.1) is 0 Å². The number of para-hydroxylation sites is 3. The van der Waals surface area contributed by atoms with E-state index in [-0.39, 0.29) is 37.2 Å². The summed E-state index contributed by atoms with van der Waals surface area (Å²) in [6.07, 6.45) is 0.0859. The van der Waals surface area contributed by atoms with Crippen molar-refractivity contribution >= 4 is 46.5 Å². The molecule has 1 heterocycles. The van der Waals surface area contributed by atoms with E-state index in [1.165, 1.54) is 4.90 Å². The van der Waals surface area contributed by atoms with Gasteiger partial charge in [-0.3, -0.25) is 19.3 Å². The van der Waals surface area contributed by atoms with Crippen molar-refractivity contribution in [3.05, 3.63) is 84.4 Å². The molecule has 172 valence electrons. The van der Waals surface area contributed by atoms with Crippen LogP contribution in [0.2, 0.25) is 0 Å². The van der Waals surface area contributed by atoms with Gasteiger partial charge >= 0.3 is 6.03 Å². The molecule has 0 spiro atoms. The Morgan fingerprint density at radius 2 is 1.50 bits per heavy atom. The van der Waals surface area contributed by atoms with Crippen molar-refractivity contribution in [3.63, 3.8) is 0 Å². The second-order valence-corrected chi connectivity index (χ2v) is 7.58. The van der Waals surface area contributed by atoms with Crippen LogP contribution in [0.25, 0.3) is 0 Å². The second-order valence-electron chi connectivity index (χ2n) is 7.58. The van der Waals surface area contributed by atoms with Gasteiger partial charge in [0.05, 0.1) is 11.4 Å². The van der Waals surface area contributed by atoms with Gasteiger partial charge < -0.3 is 21.3 Å². The van der Waals surface area contributed by atoms with Crippen molar-refractivity contribution in [1.82, 2.24) is 5.32 Å². The zero-order valence-electron chi connectivity index (χ0n) is 18.2. The molecule has 0 radical (unpaired) electrons. The first-order chi connectivity index (χ1) is 16.5. The van der Waals surface area contributed by atoms with E-state index >= 15 is 0 Å². The topological polar surface area (TPSA) is 120 Å². The summed E-state index contributed by atoms with van der Waals surface area (Å²) in [5, 5.41) is 10.8. The number of benzene rings is 3. The third-order valence-corrected chi connectivity index (χ3v) is 5.10. The molecule has 0 saturated carbocycles. The number of amides is 5. The predicted octanol–water partition coefficient (Wildman–Crippen LogP) is 3.44. The van der Waals surface area contributed by atoms with Crippen LogP contribution in [0.1, 0.15) is 16.8 Å². The molecule has 9 heteroatoms. The van der Waals surface area contributed by atoms with Crippen LogP contribution in [-0.2, 0) is 9.59 Å². The van der Waals surface area contributed by atoms with Gasteiger partial charge in [0.15, 0.2) is 0 Å². The summed E-state index contributed by atoms with van der Waals surface area (Å²) in [7, 11) is 0. The Hall–Kier alpha value is -4.66. The third kappa shape index (κ3) is 5.57.